The molecule has 26 heavy (non-hydrogen) atoms. The van der Waals surface area contributed by atoms with Gasteiger partial charge >= 0.3 is 5.97 Å². The fourth-order valence-electron chi connectivity index (χ4n) is 1.88. The summed E-state index contributed by atoms with van der Waals surface area (Å²) in [6.07, 6.45) is 2.42. The molecule has 0 spiro atoms. The number of amides is 1. The van der Waals surface area contributed by atoms with Crippen molar-refractivity contribution in [2.75, 3.05) is 11.9 Å². The lowest BCUT2D eigenvalue weighted by atomic mass is 10.2. The monoisotopic (exact) mass is 394 g/mol. The van der Waals surface area contributed by atoms with Crippen LogP contribution in [0.5, 0.6) is 0 Å². The molecule has 0 radical (unpaired) electrons. The van der Waals surface area contributed by atoms with E-state index in [2.05, 4.69) is 5.32 Å². The molecule has 7 nitrogen and oxygen atoms in total. The van der Waals surface area contributed by atoms with Gasteiger partial charge in [0, 0.05) is 18.2 Å². The molecule has 9 heteroatoms. The van der Waals surface area contributed by atoms with E-state index in [0.717, 1.165) is 6.08 Å². The van der Waals surface area contributed by atoms with Crippen molar-refractivity contribution in [3.05, 3.63) is 74.3 Å². The highest BCUT2D eigenvalue weighted by atomic mass is 35.5. The van der Waals surface area contributed by atoms with Gasteiger partial charge in [0.05, 0.1) is 20.7 Å². The lowest BCUT2D eigenvalue weighted by Crippen LogP contribution is -2.20. The van der Waals surface area contributed by atoms with Crippen molar-refractivity contribution in [3.63, 3.8) is 0 Å². The Kier molecular flexibility index (Phi) is 6.71. The van der Waals surface area contributed by atoms with Gasteiger partial charge in [0.1, 0.15) is 0 Å². The van der Waals surface area contributed by atoms with Gasteiger partial charge < -0.3 is 10.1 Å². The van der Waals surface area contributed by atoms with Gasteiger partial charge in [0.25, 0.3) is 11.6 Å². The maximum Gasteiger partial charge on any atom is 0.331 e. The van der Waals surface area contributed by atoms with Gasteiger partial charge in [-0.1, -0.05) is 41.4 Å². The third-order valence-electron chi connectivity index (χ3n) is 3.06. The zero-order valence-electron chi connectivity index (χ0n) is 13.1. The number of esters is 1. The van der Waals surface area contributed by atoms with Gasteiger partial charge in [-0.3, -0.25) is 14.9 Å². The summed E-state index contributed by atoms with van der Waals surface area (Å²) in [5.74, 6) is -1.37. The first-order valence-electron chi connectivity index (χ1n) is 7.20. The summed E-state index contributed by atoms with van der Waals surface area (Å²) in [5.41, 5.74) is 0.650. The lowest BCUT2D eigenvalue weighted by molar-refractivity contribution is -0.384. The van der Waals surface area contributed by atoms with Crippen LogP contribution in [0.25, 0.3) is 6.08 Å². The molecule has 2 rings (SSSR count). The number of hydrogen-bond acceptors (Lipinski definition) is 5. The predicted molar refractivity (Wildman–Crippen MR) is 98.2 cm³/mol. The van der Waals surface area contributed by atoms with Crippen LogP contribution in [0.4, 0.5) is 11.4 Å². The molecule has 2 aromatic rings. The van der Waals surface area contributed by atoms with Crippen LogP contribution in [0, 0.1) is 10.1 Å². The number of ether oxygens (including phenoxy) is 1. The number of nitro benzene ring substituents is 1. The van der Waals surface area contributed by atoms with Gasteiger partial charge in [0.2, 0.25) is 0 Å². The number of carbonyl (C=O) groups is 2. The van der Waals surface area contributed by atoms with E-state index in [0.29, 0.717) is 11.3 Å². The zero-order chi connectivity index (χ0) is 19.1. The summed E-state index contributed by atoms with van der Waals surface area (Å²) in [7, 11) is 0. The highest BCUT2D eigenvalue weighted by molar-refractivity contribution is 6.44. The fraction of sp³-hybridized carbons (Fsp3) is 0.0588. The molecule has 1 N–H and O–H groups in total. The minimum atomic E-state index is -0.774. The van der Waals surface area contributed by atoms with Crippen LogP contribution in [-0.2, 0) is 14.3 Å². The summed E-state index contributed by atoms with van der Waals surface area (Å²) in [6, 6.07) is 10.4. The van der Waals surface area contributed by atoms with Crippen molar-refractivity contribution in [2.45, 2.75) is 0 Å². The second-order valence-electron chi connectivity index (χ2n) is 4.94. The van der Waals surface area contributed by atoms with Crippen molar-refractivity contribution >= 4 is 52.5 Å². The number of hydrogen-bond donors (Lipinski definition) is 1. The average molecular weight is 395 g/mol. The van der Waals surface area contributed by atoms with E-state index in [1.807, 2.05) is 0 Å². The normalized spacial score (nSPS) is 10.5. The van der Waals surface area contributed by atoms with Crippen LogP contribution in [0.2, 0.25) is 10.0 Å². The molecule has 2 aromatic carbocycles. The Morgan fingerprint density at radius 2 is 1.92 bits per heavy atom. The third kappa shape index (κ3) is 5.58. The number of carbonyl (C=O) groups excluding carboxylic acids is 2. The minimum absolute atomic E-state index is 0.0988. The molecule has 0 aliphatic carbocycles. The molecule has 0 unspecified atom stereocenters. The number of nitrogens with one attached hydrogen (secondary N) is 1. The summed E-state index contributed by atoms with van der Waals surface area (Å²) in [4.78, 5) is 33.6. The Labute approximate surface area is 158 Å². The number of halogens is 2. The Bertz CT molecular complexity index is 883. The number of nitrogens with zero attached hydrogens (tertiary/aromatic N) is 1. The maximum atomic E-state index is 11.8. The molecule has 0 atom stereocenters. The molecule has 0 saturated heterocycles. The molecule has 0 heterocycles. The quantitative estimate of drug-likeness (QED) is 0.344. The molecule has 1 amide bonds. The maximum absolute atomic E-state index is 11.8. The molecule has 0 aromatic heterocycles. The van der Waals surface area contributed by atoms with E-state index in [1.165, 1.54) is 24.3 Å². The average Bonchev–Trinajstić information content (AvgIpc) is 2.62. The molecule has 0 fully saturated rings. The van der Waals surface area contributed by atoms with Crippen LogP contribution >= 0.6 is 23.2 Å². The second kappa shape index (κ2) is 8.98. The molecule has 0 saturated carbocycles. The summed E-state index contributed by atoms with van der Waals surface area (Å²) in [6.45, 7) is -0.527. The smallest absolute Gasteiger partial charge is 0.331 e. The Morgan fingerprint density at radius 3 is 2.65 bits per heavy atom. The van der Waals surface area contributed by atoms with Crippen molar-refractivity contribution in [3.8, 4) is 0 Å². The van der Waals surface area contributed by atoms with Crippen molar-refractivity contribution in [2.24, 2.45) is 0 Å². The van der Waals surface area contributed by atoms with Crippen LogP contribution in [0.1, 0.15) is 5.56 Å². The summed E-state index contributed by atoms with van der Waals surface area (Å²) < 4.78 is 4.80. The van der Waals surface area contributed by atoms with E-state index in [-0.39, 0.29) is 15.7 Å². The number of nitro groups is 1. The first-order valence-corrected chi connectivity index (χ1v) is 7.95. The minimum Gasteiger partial charge on any atom is -0.452 e. The van der Waals surface area contributed by atoms with Crippen LogP contribution < -0.4 is 5.32 Å². The van der Waals surface area contributed by atoms with Crippen LogP contribution in [-0.4, -0.2) is 23.4 Å². The van der Waals surface area contributed by atoms with E-state index in [1.54, 1.807) is 24.3 Å². The van der Waals surface area contributed by atoms with Gasteiger partial charge in [0.15, 0.2) is 6.61 Å². The molecular weight excluding hydrogens is 383 g/mol. The van der Waals surface area contributed by atoms with Crippen LogP contribution in [0.3, 0.4) is 0 Å². The zero-order valence-corrected chi connectivity index (χ0v) is 14.7. The van der Waals surface area contributed by atoms with E-state index in [9.17, 15) is 19.7 Å². The first kappa shape index (κ1) is 19.4. The summed E-state index contributed by atoms with van der Waals surface area (Å²) in [5, 5.41) is 13.6. The topological polar surface area (TPSA) is 98.5 Å². The largest absolute Gasteiger partial charge is 0.452 e. The van der Waals surface area contributed by atoms with E-state index >= 15 is 0 Å². The number of non-ortho nitro benzene ring substituents is 1. The van der Waals surface area contributed by atoms with E-state index < -0.39 is 23.4 Å². The SMILES string of the molecule is O=C(COC(=O)/C=C/c1cccc([N+](=O)[O-])c1)Nc1cccc(Cl)c1Cl. The standard InChI is InChI=1S/C17H12Cl2N2O5/c18-13-5-2-6-14(17(13)19)20-15(22)10-26-16(23)8-7-11-3-1-4-12(9-11)21(24)25/h1-9H,10H2,(H,20,22)/b8-7+. The third-order valence-corrected chi connectivity index (χ3v) is 3.88. The molecule has 134 valence electrons. The lowest BCUT2D eigenvalue weighted by Gasteiger charge is -2.08. The Hall–Kier alpha value is -2.90. The van der Waals surface area contributed by atoms with Gasteiger partial charge in [-0.15, -0.1) is 0 Å². The Morgan fingerprint density at radius 1 is 1.19 bits per heavy atom. The van der Waals surface area contributed by atoms with E-state index in [4.69, 9.17) is 27.9 Å². The molecule has 0 bridgehead atoms. The second-order valence-corrected chi connectivity index (χ2v) is 5.73. The van der Waals surface area contributed by atoms with Gasteiger partial charge in [-0.05, 0) is 23.8 Å². The van der Waals surface area contributed by atoms with Crippen LogP contribution in [0.15, 0.2) is 48.5 Å². The number of rotatable bonds is 6. The molecular formula is C17H12Cl2N2O5. The fourth-order valence-corrected chi connectivity index (χ4v) is 2.23. The first-order chi connectivity index (χ1) is 12.4. The van der Waals surface area contributed by atoms with Gasteiger partial charge in [-0.2, -0.15) is 0 Å². The van der Waals surface area contributed by atoms with Crippen molar-refractivity contribution in [1.82, 2.24) is 0 Å². The number of anilines is 1. The molecule has 0 aliphatic rings. The number of benzene rings is 2. The van der Waals surface area contributed by atoms with Gasteiger partial charge in [-0.25, -0.2) is 4.79 Å². The van der Waals surface area contributed by atoms with Crippen molar-refractivity contribution in [1.29, 1.82) is 0 Å². The highest BCUT2D eigenvalue weighted by Crippen LogP contribution is 2.29. The predicted octanol–water partition coefficient (Wildman–Crippen LogP) is 4.10. The molecule has 0 aliphatic heterocycles. The Balaban J connectivity index is 1.88. The van der Waals surface area contributed by atoms with Crippen molar-refractivity contribution < 1.29 is 19.2 Å². The summed E-state index contributed by atoms with van der Waals surface area (Å²) >= 11 is 11.8. The highest BCUT2D eigenvalue weighted by Gasteiger charge is 2.10.